The summed E-state index contributed by atoms with van der Waals surface area (Å²) < 4.78 is 0. The Hall–Kier alpha value is -4.05. The van der Waals surface area contributed by atoms with Crippen molar-refractivity contribution in [2.24, 2.45) is 5.73 Å². The number of pyridine rings is 2. The second-order valence-corrected chi connectivity index (χ2v) is 9.44. The van der Waals surface area contributed by atoms with Crippen molar-refractivity contribution in [3.63, 3.8) is 0 Å². The Balaban J connectivity index is 1.28. The van der Waals surface area contributed by atoms with E-state index < -0.39 is 0 Å². The lowest BCUT2D eigenvalue weighted by atomic mass is 10.1. The second-order valence-electron chi connectivity index (χ2n) is 9.44. The number of nitrogens with two attached hydrogens (primary N) is 1. The number of H-pyrrole nitrogens is 2. The van der Waals surface area contributed by atoms with Crippen LogP contribution in [-0.4, -0.2) is 67.3 Å². The third-order valence-corrected chi connectivity index (χ3v) is 7.03. The van der Waals surface area contributed by atoms with E-state index in [1.54, 1.807) is 18.6 Å². The highest BCUT2D eigenvalue weighted by Gasteiger charge is 2.25. The van der Waals surface area contributed by atoms with Crippen molar-refractivity contribution in [1.82, 2.24) is 35.1 Å². The topological polar surface area (TPSA) is 129 Å². The van der Waals surface area contributed by atoms with Crippen LogP contribution in [0.25, 0.3) is 44.7 Å². The van der Waals surface area contributed by atoms with Gasteiger partial charge in [0.25, 0.3) is 0 Å². The van der Waals surface area contributed by atoms with Gasteiger partial charge < -0.3 is 20.5 Å². The van der Waals surface area contributed by atoms with Gasteiger partial charge in [-0.3, -0.25) is 15.1 Å². The first-order valence-corrected chi connectivity index (χ1v) is 12.1. The van der Waals surface area contributed by atoms with Crippen LogP contribution >= 0.6 is 0 Å². The molecular weight excluding hydrogens is 440 g/mol. The quantitative estimate of drug-likeness (QED) is 0.369. The average Bonchev–Trinajstić information content (AvgIpc) is 3.51. The molecule has 2 aliphatic heterocycles. The zero-order valence-electron chi connectivity index (χ0n) is 19.3. The Bertz CT molecular complexity index is 1520. The molecule has 7 heterocycles. The number of nitrogens with zero attached hydrogens (tertiary/aromatic N) is 7. The Labute approximate surface area is 201 Å². The molecule has 10 nitrogen and oxygen atoms in total. The molecule has 2 saturated heterocycles. The number of hydrogen-bond donors (Lipinski definition) is 3. The summed E-state index contributed by atoms with van der Waals surface area (Å²) in [6.07, 6.45) is 11.0. The van der Waals surface area contributed by atoms with Crippen molar-refractivity contribution >= 4 is 33.4 Å². The minimum Gasteiger partial charge on any atom is -0.371 e. The van der Waals surface area contributed by atoms with E-state index in [0.29, 0.717) is 0 Å². The van der Waals surface area contributed by atoms with E-state index >= 15 is 0 Å². The minimum atomic E-state index is 0.199. The van der Waals surface area contributed by atoms with Crippen molar-refractivity contribution in [3.8, 4) is 22.8 Å². The van der Waals surface area contributed by atoms with Gasteiger partial charge in [0.15, 0.2) is 0 Å². The van der Waals surface area contributed by atoms with E-state index in [2.05, 4.69) is 52.1 Å². The molecule has 2 fully saturated rings. The average molecular weight is 467 g/mol. The highest BCUT2D eigenvalue weighted by Crippen LogP contribution is 2.34. The first-order chi connectivity index (χ1) is 17.2. The number of fused-ring (bicyclic) bond motifs is 2. The standard InChI is InChI=1S/C25H26N10/c26-15-13-35(14-15)23-12-27-10-21(30-23)18-8-16-20(11-29-18)32-33-24(16)19-9-17-22(4-5-28-25(17)31-19)34-6-2-1-3-7-34/h4-5,8-12,15H,1-3,6-7,13-14,26H2,(H,28,31)(H,32,33). The van der Waals surface area contributed by atoms with E-state index in [4.69, 9.17) is 10.7 Å². The van der Waals surface area contributed by atoms with Crippen LogP contribution in [0, 0.1) is 0 Å². The maximum absolute atomic E-state index is 5.93. The number of anilines is 2. The number of hydrogen-bond acceptors (Lipinski definition) is 8. The molecule has 0 saturated carbocycles. The van der Waals surface area contributed by atoms with Gasteiger partial charge >= 0.3 is 0 Å². The number of nitrogens with one attached hydrogen (secondary N) is 2. The smallest absolute Gasteiger partial charge is 0.147 e. The molecule has 0 spiro atoms. The van der Waals surface area contributed by atoms with E-state index in [1.807, 2.05) is 12.3 Å². The molecule has 176 valence electrons. The lowest BCUT2D eigenvalue weighted by Gasteiger charge is -2.37. The first-order valence-electron chi connectivity index (χ1n) is 12.1. The molecule has 0 atom stereocenters. The Morgan fingerprint density at radius 3 is 2.66 bits per heavy atom. The summed E-state index contributed by atoms with van der Waals surface area (Å²) >= 11 is 0. The molecule has 35 heavy (non-hydrogen) atoms. The predicted molar refractivity (Wildman–Crippen MR) is 136 cm³/mol. The van der Waals surface area contributed by atoms with Crippen molar-refractivity contribution in [1.29, 1.82) is 0 Å². The van der Waals surface area contributed by atoms with Crippen LogP contribution in [0.15, 0.2) is 43.0 Å². The Morgan fingerprint density at radius 1 is 0.914 bits per heavy atom. The van der Waals surface area contributed by atoms with Gasteiger partial charge in [0.05, 0.1) is 35.5 Å². The molecule has 4 N–H and O–H groups in total. The number of aromatic amines is 2. The van der Waals surface area contributed by atoms with Crippen LogP contribution in [0.1, 0.15) is 19.3 Å². The van der Waals surface area contributed by atoms with Crippen LogP contribution < -0.4 is 15.5 Å². The number of aromatic nitrogens is 7. The molecule has 5 aromatic heterocycles. The summed E-state index contributed by atoms with van der Waals surface area (Å²) in [6, 6.07) is 6.50. The Morgan fingerprint density at radius 2 is 1.80 bits per heavy atom. The maximum atomic E-state index is 5.93. The first kappa shape index (κ1) is 20.3. The summed E-state index contributed by atoms with van der Waals surface area (Å²) in [7, 11) is 0. The lowest BCUT2D eigenvalue weighted by Crippen LogP contribution is -2.56. The van der Waals surface area contributed by atoms with Crippen LogP contribution in [0.5, 0.6) is 0 Å². The highest BCUT2D eigenvalue weighted by atomic mass is 15.3. The van der Waals surface area contributed by atoms with Crippen molar-refractivity contribution < 1.29 is 0 Å². The molecule has 0 bridgehead atoms. The predicted octanol–water partition coefficient (Wildman–Crippen LogP) is 3.10. The second kappa shape index (κ2) is 8.02. The lowest BCUT2D eigenvalue weighted by molar-refractivity contribution is 0.514. The summed E-state index contributed by atoms with van der Waals surface area (Å²) in [5.74, 6) is 0.824. The third kappa shape index (κ3) is 3.48. The molecule has 0 aromatic carbocycles. The van der Waals surface area contributed by atoms with Gasteiger partial charge in [-0.2, -0.15) is 5.10 Å². The van der Waals surface area contributed by atoms with Gasteiger partial charge in [-0.05, 0) is 37.5 Å². The summed E-state index contributed by atoms with van der Waals surface area (Å²) in [6.45, 7) is 3.77. The zero-order valence-corrected chi connectivity index (χ0v) is 19.3. The van der Waals surface area contributed by atoms with Crippen molar-refractivity contribution in [2.75, 3.05) is 36.0 Å². The maximum Gasteiger partial charge on any atom is 0.147 e. The molecule has 2 aliphatic rings. The van der Waals surface area contributed by atoms with Crippen LogP contribution in [0.3, 0.4) is 0 Å². The van der Waals surface area contributed by atoms with Gasteiger partial charge in [-0.15, -0.1) is 0 Å². The SMILES string of the molecule is NC1CN(c2cncc(-c3cc4c(-c5cc6c(N7CCCCC7)ccnc6[nH]5)n[nH]c4cn3)n2)C1. The van der Waals surface area contributed by atoms with Crippen LogP contribution in [0.2, 0.25) is 0 Å². The summed E-state index contributed by atoms with van der Waals surface area (Å²) in [4.78, 5) is 26.5. The molecule has 0 aliphatic carbocycles. The van der Waals surface area contributed by atoms with Gasteiger partial charge in [0.2, 0.25) is 0 Å². The van der Waals surface area contributed by atoms with Crippen LogP contribution in [0.4, 0.5) is 11.5 Å². The fraction of sp³-hybridized carbons (Fsp3) is 0.320. The van der Waals surface area contributed by atoms with Gasteiger partial charge in [-0.25, -0.2) is 9.97 Å². The minimum absolute atomic E-state index is 0.199. The Kier molecular flexibility index (Phi) is 4.66. The molecule has 0 amide bonds. The van der Waals surface area contributed by atoms with Gasteiger partial charge in [-0.1, -0.05) is 0 Å². The van der Waals surface area contributed by atoms with E-state index in [0.717, 1.165) is 76.7 Å². The van der Waals surface area contributed by atoms with E-state index in [1.165, 1.54) is 24.9 Å². The van der Waals surface area contributed by atoms with E-state index in [-0.39, 0.29) is 6.04 Å². The van der Waals surface area contributed by atoms with E-state index in [9.17, 15) is 0 Å². The fourth-order valence-corrected chi connectivity index (χ4v) is 5.14. The molecule has 5 aromatic rings. The van der Waals surface area contributed by atoms with Crippen LogP contribution in [-0.2, 0) is 0 Å². The fourth-order valence-electron chi connectivity index (χ4n) is 5.14. The molecular formula is C25H26N10. The number of piperidine rings is 1. The normalized spacial score (nSPS) is 16.8. The largest absolute Gasteiger partial charge is 0.371 e. The van der Waals surface area contributed by atoms with Crippen molar-refractivity contribution in [3.05, 3.63) is 43.0 Å². The van der Waals surface area contributed by atoms with Gasteiger partial charge in [0, 0.05) is 54.9 Å². The number of rotatable bonds is 4. The molecule has 10 heteroatoms. The molecule has 0 radical (unpaired) electrons. The molecule has 0 unspecified atom stereocenters. The van der Waals surface area contributed by atoms with Crippen molar-refractivity contribution in [2.45, 2.75) is 25.3 Å². The summed E-state index contributed by atoms with van der Waals surface area (Å²) in [5, 5.41) is 9.84. The summed E-state index contributed by atoms with van der Waals surface area (Å²) in [5.41, 5.74) is 12.1. The monoisotopic (exact) mass is 466 g/mol. The van der Waals surface area contributed by atoms with Gasteiger partial charge in [0.1, 0.15) is 22.9 Å². The zero-order chi connectivity index (χ0) is 23.4. The third-order valence-electron chi connectivity index (χ3n) is 7.03. The highest BCUT2D eigenvalue weighted by molar-refractivity contribution is 5.99. The molecule has 7 rings (SSSR count).